The van der Waals surface area contributed by atoms with Gasteiger partial charge in [0.15, 0.2) is 0 Å². The van der Waals surface area contributed by atoms with Crippen LogP contribution in [0.4, 0.5) is 5.69 Å². The van der Waals surface area contributed by atoms with E-state index in [0.29, 0.717) is 11.7 Å². The van der Waals surface area contributed by atoms with Gasteiger partial charge in [0.05, 0.1) is 6.20 Å². The van der Waals surface area contributed by atoms with Crippen LogP contribution in [0.25, 0.3) is 0 Å². The lowest BCUT2D eigenvalue weighted by Gasteiger charge is -2.39. The van der Waals surface area contributed by atoms with Crippen molar-refractivity contribution < 1.29 is 9.59 Å². The minimum absolute atomic E-state index is 0.0288. The van der Waals surface area contributed by atoms with Crippen molar-refractivity contribution in [2.45, 2.75) is 70.9 Å². The van der Waals surface area contributed by atoms with E-state index in [-0.39, 0.29) is 11.8 Å². The Morgan fingerprint density at radius 1 is 0.882 bits per heavy atom. The number of hydrogen-bond acceptors (Lipinski definition) is 5. The zero-order valence-corrected chi connectivity index (χ0v) is 20.4. The molecule has 0 bridgehead atoms. The van der Waals surface area contributed by atoms with E-state index in [0.717, 1.165) is 57.7 Å². The Balaban J connectivity index is 1.48. The molecule has 1 aromatic carbocycles. The Labute approximate surface area is 203 Å². The third kappa shape index (κ3) is 6.20. The Bertz CT molecular complexity index is 943. The van der Waals surface area contributed by atoms with E-state index in [1.165, 1.54) is 37.7 Å². The highest BCUT2D eigenvalue weighted by atomic mass is 16.2. The quantitative estimate of drug-likeness (QED) is 0.665. The fourth-order valence-corrected chi connectivity index (χ4v) is 5.26. The van der Waals surface area contributed by atoms with Gasteiger partial charge in [0, 0.05) is 57.2 Å². The van der Waals surface area contributed by atoms with E-state index >= 15 is 0 Å². The van der Waals surface area contributed by atoms with Crippen LogP contribution < -0.4 is 4.90 Å². The van der Waals surface area contributed by atoms with E-state index < -0.39 is 0 Å². The van der Waals surface area contributed by atoms with Gasteiger partial charge in [-0.05, 0) is 43.9 Å². The molecule has 0 radical (unpaired) electrons. The molecule has 7 nitrogen and oxygen atoms in total. The van der Waals surface area contributed by atoms with Crippen LogP contribution in [0.5, 0.6) is 0 Å². The van der Waals surface area contributed by atoms with Crippen molar-refractivity contribution in [3.8, 4) is 0 Å². The average molecular weight is 464 g/mol. The van der Waals surface area contributed by atoms with E-state index in [1.54, 1.807) is 25.5 Å². The molecular weight excluding hydrogens is 426 g/mol. The zero-order chi connectivity index (χ0) is 23.8. The van der Waals surface area contributed by atoms with Crippen molar-refractivity contribution in [2.75, 3.05) is 31.1 Å². The number of nitrogens with zero attached hydrogens (tertiary/aromatic N) is 5. The van der Waals surface area contributed by atoms with Crippen molar-refractivity contribution in [1.82, 2.24) is 19.8 Å². The van der Waals surface area contributed by atoms with Crippen molar-refractivity contribution in [3.63, 3.8) is 0 Å². The molecule has 34 heavy (non-hydrogen) atoms. The minimum Gasteiger partial charge on any atom is -0.337 e. The second kappa shape index (κ2) is 12.1. The van der Waals surface area contributed by atoms with Crippen LogP contribution in [-0.4, -0.2) is 63.8 Å². The molecule has 1 fully saturated rings. The smallest absolute Gasteiger partial charge is 0.274 e. The van der Waals surface area contributed by atoms with Crippen molar-refractivity contribution in [3.05, 3.63) is 54.1 Å². The van der Waals surface area contributed by atoms with Crippen molar-refractivity contribution in [2.24, 2.45) is 0 Å². The summed E-state index contributed by atoms with van der Waals surface area (Å²) in [4.78, 5) is 40.0. The summed E-state index contributed by atoms with van der Waals surface area (Å²) in [5.41, 5.74) is 2.69. The van der Waals surface area contributed by atoms with Gasteiger partial charge < -0.3 is 9.80 Å². The summed E-state index contributed by atoms with van der Waals surface area (Å²) < 4.78 is 0. The molecule has 1 saturated heterocycles. The number of carbonyl (C=O) groups is 2. The van der Waals surface area contributed by atoms with E-state index in [9.17, 15) is 9.59 Å². The molecule has 182 valence electrons. The van der Waals surface area contributed by atoms with Crippen LogP contribution in [-0.2, 0) is 11.3 Å². The molecule has 2 aliphatic rings. The number of anilines is 1. The van der Waals surface area contributed by atoms with Crippen LogP contribution in [0, 0.1) is 0 Å². The monoisotopic (exact) mass is 463 g/mol. The number of amides is 2. The predicted molar refractivity (Wildman–Crippen MR) is 134 cm³/mol. The Morgan fingerprint density at radius 2 is 1.59 bits per heavy atom. The number of aromatic nitrogens is 2. The Hall–Kier alpha value is -2.80. The Morgan fingerprint density at radius 3 is 2.29 bits per heavy atom. The lowest BCUT2D eigenvalue weighted by Crippen LogP contribution is -2.47. The molecule has 0 unspecified atom stereocenters. The summed E-state index contributed by atoms with van der Waals surface area (Å²) in [5, 5.41) is 0. The first-order chi connectivity index (χ1) is 16.6. The third-order valence-corrected chi connectivity index (χ3v) is 7.16. The summed E-state index contributed by atoms with van der Waals surface area (Å²) in [6, 6.07) is 8.81. The van der Waals surface area contributed by atoms with Gasteiger partial charge in [0.2, 0.25) is 5.91 Å². The molecule has 0 atom stereocenters. The number of para-hydroxylation sites is 1. The topological polar surface area (TPSA) is 69.6 Å². The lowest BCUT2D eigenvalue weighted by molar-refractivity contribution is -0.116. The van der Waals surface area contributed by atoms with Crippen LogP contribution >= 0.6 is 0 Å². The predicted octanol–water partition coefficient (Wildman–Crippen LogP) is 4.29. The molecule has 2 aliphatic heterocycles. The molecule has 2 amide bonds. The molecule has 3 heterocycles. The SMILES string of the molecule is CC(=O)N1CCCCCCCCN(C2CCN(C(=O)c3cnccn3)CC2)Cc2ccccc21. The number of piperidine rings is 1. The van der Waals surface area contributed by atoms with E-state index in [2.05, 4.69) is 33.1 Å². The van der Waals surface area contributed by atoms with Gasteiger partial charge in [-0.3, -0.25) is 19.5 Å². The minimum atomic E-state index is -0.0288. The first-order valence-corrected chi connectivity index (χ1v) is 12.8. The summed E-state index contributed by atoms with van der Waals surface area (Å²) >= 11 is 0. The Kier molecular flexibility index (Phi) is 8.63. The van der Waals surface area contributed by atoms with Gasteiger partial charge in [-0.1, -0.05) is 43.9 Å². The average Bonchev–Trinajstić information content (AvgIpc) is 2.89. The largest absolute Gasteiger partial charge is 0.337 e. The van der Waals surface area contributed by atoms with Gasteiger partial charge >= 0.3 is 0 Å². The fraction of sp³-hybridized carbons (Fsp3) is 0.556. The standard InChI is InChI=1S/C27H37N5O2/c1-22(33)32-17-9-5-3-2-4-8-16-31(21-23-10-6-7-11-26(23)32)24-12-18-30(19-13-24)27(34)25-20-28-14-15-29-25/h6-7,10-11,14-15,20,24H,2-5,8-9,12-13,16-19,21H2,1H3. The molecule has 0 saturated carbocycles. The van der Waals surface area contributed by atoms with Gasteiger partial charge in [-0.25, -0.2) is 4.98 Å². The summed E-state index contributed by atoms with van der Waals surface area (Å²) in [6.45, 7) is 5.82. The molecular formula is C27H37N5O2. The van der Waals surface area contributed by atoms with Crippen molar-refractivity contribution in [1.29, 1.82) is 0 Å². The molecule has 0 spiro atoms. The van der Waals surface area contributed by atoms with Crippen molar-refractivity contribution >= 4 is 17.5 Å². The number of carbonyl (C=O) groups excluding carboxylic acids is 2. The second-order valence-electron chi connectivity index (χ2n) is 9.51. The number of fused-ring (bicyclic) bond motifs is 1. The van der Waals surface area contributed by atoms with Gasteiger partial charge in [-0.15, -0.1) is 0 Å². The molecule has 1 aromatic heterocycles. The number of rotatable bonds is 2. The van der Waals surface area contributed by atoms with Gasteiger partial charge in [-0.2, -0.15) is 0 Å². The first-order valence-electron chi connectivity index (χ1n) is 12.8. The lowest BCUT2D eigenvalue weighted by atomic mass is 10.0. The van der Waals surface area contributed by atoms with Crippen LogP contribution in [0.2, 0.25) is 0 Å². The van der Waals surface area contributed by atoms with Crippen LogP contribution in [0.15, 0.2) is 42.9 Å². The first kappa shape index (κ1) is 24.3. The maximum atomic E-state index is 12.8. The summed E-state index contributed by atoms with van der Waals surface area (Å²) in [5.74, 6) is 0.0867. The molecule has 0 aliphatic carbocycles. The van der Waals surface area contributed by atoms with Crippen LogP contribution in [0.1, 0.15) is 74.3 Å². The molecule has 7 heteroatoms. The maximum Gasteiger partial charge on any atom is 0.274 e. The summed E-state index contributed by atoms with van der Waals surface area (Å²) in [7, 11) is 0. The third-order valence-electron chi connectivity index (χ3n) is 7.16. The molecule has 2 aromatic rings. The summed E-state index contributed by atoms with van der Waals surface area (Å²) in [6.07, 6.45) is 13.8. The zero-order valence-electron chi connectivity index (χ0n) is 20.4. The highest BCUT2D eigenvalue weighted by Crippen LogP contribution is 2.27. The van der Waals surface area contributed by atoms with Crippen LogP contribution in [0.3, 0.4) is 0 Å². The fourth-order valence-electron chi connectivity index (χ4n) is 5.26. The normalized spacial score (nSPS) is 19.4. The maximum absolute atomic E-state index is 12.8. The van der Waals surface area contributed by atoms with E-state index in [1.807, 2.05) is 15.9 Å². The number of likely N-dealkylation sites (tertiary alicyclic amines) is 1. The number of benzene rings is 1. The molecule has 4 rings (SSSR count). The number of hydrogen-bond donors (Lipinski definition) is 0. The van der Waals surface area contributed by atoms with Gasteiger partial charge in [0.25, 0.3) is 5.91 Å². The highest BCUT2D eigenvalue weighted by molar-refractivity contribution is 5.92. The highest BCUT2D eigenvalue weighted by Gasteiger charge is 2.29. The second-order valence-corrected chi connectivity index (χ2v) is 9.51. The van der Waals surface area contributed by atoms with Gasteiger partial charge in [0.1, 0.15) is 5.69 Å². The molecule has 0 N–H and O–H groups in total. The van der Waals surface area contributed by atoms with E-state index in [4.69, 9.17) is 0 Å².